The van der Waals surface area contributed by atoms with Gasteiger partial charge < -0.3 is 14.6 Å². The lowest BCUT2D eigenvalue weighted by Crippen LogP contribution is -2.32. The number of nitrogens with one attached hydrogen (secondary N) is 1. The van der Waals surface area contributed by atoms with E-state index >= 15 is 0 Å². The topological polar surface area (TPSA) is 52.0 Å². The van der Waals surface area contributed by atoms with Gasteiger partial charge in [-0.25, -0.2) is 9.37 Å². The first-order valence-corrected chi connectivity index (χ1v) is 9.06. The van der Waals surface area contributed by atoms with Gasteiger partial charge in [0.1, 0.15) is 18.2 Å². The Balaban J connectivity index is 1.34. The van der Waals surface area contributed by atoms with Crippen molar-refractivity contribution in [1.82, 2.24) is 19.9 Å². The number of hydrogen-bond acceptors (Lipinski definition) is 4. The van der Waals surface area contributed by atoms with E-state index in [0.29, 0.717) is 18.7 Å². The maximum atomic E-state index is 13.5. The van der Waals surface area contributed by atoms with Crippen molar-refractivity contribution in [3.05, 3.63) is 71.9 Å². The molecule has 1 N–H and O–H groups in total. The van der Waals surface area contributed by atoms with Gasteiger partial charge in [0.15, 0.2) is 0 Å². The van der Waals surface area contributed by atoms with Gasteiger partial charge >= 0.3 is 0 Å². The number of halogens is 1. The number of aromatic nitrogens is 3. The van der Waals surface area contributed by atoms with Crippen LogP contribution >= 0.6 is 0 Å². The molecule has 2 aromatic carbocycles. The molecule has 3 heterocycles. The standard InChI is InChI=1S/C21H19FN4O/c22-16-5-6-20-19(8-16)25-21-13-27-12-17(26(20)21)11-23-9-14-7-15-3-1-2-4-18(15)24-10-14/h1-8,10,17,23H,9,11-13H2. The van der Waals surface area contributed by atoms with E-state index in [1.54, 1.807) is 6.07 Å². The molecule has 1 unspecified atom stereocenters. The predicted molar refractivity (Wildman–Crippen MR) is 102 cm³/mol. The van der Waals surface area contributed by atoms with E-state index in [1.807, 2.05) is 24.4 Å². The Labute approximate surface area is 155 Å². The minimum absolute atomic E-state index is 0.123. The van der Waals surface area contributed by atoms with Gasteiger partial charge in [0.25, 0.3) is 0 Å². The van der Waals surface area contributed by atoms with E-state index in [2.05, 4.69) is 32.0 Å². The van der Waals surface area contributed by atoms with E-state index < -0.39 is 0 Å². The lowest BCUT2D eigenvalue weighted by atomic mass is 10.1. The van der Waals surface area contributed by atoms with Crippen LogP contribution in [0.1, 0.15) is 17.4 Å². The van der Waals surface area contributed by atoms with E-state index in [0.717, 1.165) is 40.9 Å². The van der Waals surface area contributed by atoms with Gasteiger partial charge in [0.2, 0.25) is 0 Å². The molecule has 1 aliphatic rings. The number of fused-ring (bicyclic) bond motifs is 4. The highest BCUT2D eigenvalue weighted by Crippen LogP contribution is 2.26. The van der Waals surface area contributed by atoms with Crippen LogP contribution in [0.5, 0.6) is 0 Å². The molecule has 0 aliphatic carbocycles. The first kappa shape index (κ1) is 16.4. The van der Waals surface area contributed by atoms with Crippen molar-refractivity contribution in [3.63, 3.8) is 0 Å². The summed E-state index contributed by atoms with van der Waals surface area (Å²) in [5.74, 6) is 0.582. The molecule has 0 saturated heterocycles. The molecule has 0 amide bonds. The van der Waals surface area contributed by atoms with Crippen molar-refractivity contribution in [2.75, 3.05) is 13.2 Å². The molecule has 27 heavy (non-hydrogen) atoms. The number of hydrogen-bond donors (Lipinski definition) is 1. The summed E-state index contributed by atoms with van der Waals surface area (Å²) >= 11 is 0. The summed E-state index contributed by atoms with van der Waals surface area (Å²) in [6, 6.07) is 15.1. The molecule has 1 atom stereocenters. The number of nitrogens with zero attached hydrogens (tertiary/aromatic N) is 3. The Hall–Kier alpha value is -2.83. The molecular weight excluding hydrogens is 343 g/mol. The van der Waals surface area contributed by atoms with E-state index in [-0.39, 0.29) is 11.9 Å². The second-order valence-electron chi connectivity index (χ2n) is 6.87. The first-order chi connectivity index (χ1) is 13.3. The third kappa shape index (κ3) is 3.07. The summed E-state index contributed by atoms with van der Waals surface area (Å²) in [6.07, 6.45) is 1.91. The van der Waals surface area contributed by atoms with Crippen molar-refractivity contribution in [3.8, 4) is 0 Å². The zero-order valence-corrected chi connectivity index (χ0v) is 14.7. The quantitative estimate of drug-likeness (QED) is 0.603. The average Bonchev–Trinajstić information content (AvgIpc) is 3.06. The van der Waals surface area contributed by atoms with E-state index in [4.69, 9.17) is 4.74 Å². The molecule has 136 valence electrons. The summed E-state index contributed by atoms with van der Waals surface area (Å²) < 4.78 is 21.4. The summed E-state index contributed by atoms with van der Waals surface area (Å²) in [6.45, 7) is 2.54. The minimum Gasteiger partial charge on any atom is -0.371 e. The highest BCUT2D eigenvalue weighted by Gasteiger charge is 2.23. The minimum atomic E-state index is -0.266. The normalized spacial score (nSPS) is 16.7. The molecule has 5 nitrogen and oxygen atoms in total. The van der Waals surface area contributed by atoms with Crippen LogP contribution in [0.15, 0.2) is 54.7 Å². The largest absolute Gasteiger partial charge is 0.371 e. The van der Waals surface area contributed by atoms with Gasteiger partial charge in [-0.15, -0.1) is 0 Å². The van der Waals surface area contributed by atoms with Gasteiger partial charge in [-0.3, -0.25) is 4.98 Å². The Morgan fingerprint density at radius 2 is 2.07 bits per heavy atom. The Bertz CT molecular complexity index is 1120. The maximum Gasteiger partial charge on any atom is 0.136 e. The second kappa shape index (κ2) is 6.72. The van der Waals surface area contributed by atoms with Gasteiger partial charge in [0, 0.05) is 30.7 Å². The number of pyridine rings is 1. The Morgan fingerprint density at radius 3 is 3.04 bits per heavy atom. The fraction of sp³-hybridized carbons (Fsp3) is 0.238. The smallest absolute Gasteiger partial charge is 0.136 e. The zero-order valence-electron chi connectivity index (χ0n) is 14.7. The monoisotopic (exact) mass is 362 g/mol. The van der Waals surface area contributed by atoms with Crippen molar-refractivity contribution < 1.29 is 9.13 Å². The molecule has 0 bridgehead atoms. The molecule has 6 heteroatoms. The van der Waals surface area contributed by atoms with Crippen molar-refractivity contribution in [2.45, 2.75) is 19.2 Å². The number of imidazole rings is 1. The van der Waals surface area contributed by atoms with Gasteiger partial charge in [0.05, 0.1) is 29.2 Å². The predicted octanol–water partition coefficient (Wildman–Crippen LogP) is 3.58. The Kier molecular flexibility index (Phi) is 4.07. The number of para-hydroxylation sites is 1. The van der Waals surface area contributed by atoms with Gasteiger partial charge in [-0.1, -0.05) is 18.2 Å². The summed E-state index contributed by atoms with van der Waals surface area (Å²) in [4.78, 5) is 9.03. The van der Waals surface area contributed by atoms with Gasteiger partial charge in [-0.05, 0) is 29.8 Å². The van der Waals surface area contributed by atoms with Crippen molar-refractivity contribution in [1.29, 1.82) is 0 Å². The van der Waals surface area contributed by atoms with Crippen molar-refractivity contribution >= 4 is 21.9 Å². The average molecular weight is 362 g/mol. The zero-order chi connectivity index (χ0) is 18.2. The maximum absolute atomic E-state index is 13.5. The van der Waals surface area contributed by atoms with Gasteiger partial charge in [-0.2, -0.15) is 0 Å². The van der Waals surface area contributed by atoms with Crippen LogP contribution in [-0.2, 0) is 17.9 Å². The molecule has 0 fully saturated rings. The lowest BCUT2D eigenvalue weighted by molar-refractivity contribution is 0.0564. The van der Waals surface area contributed by atoms with Crippen molar-refractivity contribution in [2.24, 2.45) is 0 Å². The first-order valence-electron chi connectivity index (χ1n) is 9.06. The molecule has 1 aliphatic heterocycles. The van der Waals surface area contributed by atoms with Crippen LogP contribution in [0.25, 0.3) is 21.9 Å². The van der Waals surface area contributed by atoms with Crippen LogP contribution in [0, 0.1) is 5.82 Å². The third-order valence-corrected chi connectivity index (χ3v) is 4.99. The Morgan fingerprint density at radius 1 is 1.15 bits per heavy atom. The molecule has 0 spiro atoms. The van der Waals surface area contributed by atoms with E-state index in [9.17, 15) is 4.39 Å². The molecular formula is C21H19FN4O. The number of ether oxygens (including phenoxy) is 1. The van der Waals surface area contributed by atoms with Crippen LogP contribution in [-0.4, -0.2) is 27.7 Å². The SMILES string of the molecule is Fc1ccc2c(c1)nc1n2C(CNCc2cnc3ccccc3c2)COC1. The highest BCUT2D eigenvalue weighted by atomic mass is 19.1. The summed E-state index contributed by atoms with van der Waals surface area (Å²) in [7, 11) is 0. The number of benzene rings is 2. The third-order valence-electron chi connectivity index (χ3n) is 4.99. The lowest BCUT2D eigenvalue weighted by Gasteiger charge is -2.26. The summed E-state index contributed by atoms with van der Waals surface area (Å²) in [5.41, 5.74) is 3.78. The molecule has 4 aromatic rings. The highest BCUT2D eigenvalue weighted by molar-refractivity contribution is 5.78. The molecule has 5 rings (SSSR count). The van der Waals surface area contributed by atoms with E-state index in [1.165, 1.54) is 12.1 Å². The molecule has 0 saturated carbocycles. The second-order valence-corrected chi connectivity index (χ2v) is 6.87. The van der Waals surface area contributed by atoms with Crippen LogP contribution in [0.4, 0.5) is 4.39 Å². The van der Waals surface area contributed by atoms with Crippen LogP contribution < -0.4 is 5.32 Å². The number of rotatable bonds is 4. The fourth-order valence-corrected chi connectivity index (χ4v) is 3.74. The van der Waals surface area contributed by atoms with Crippen LogP contribution in [0.2, 0.25) is 0 Å². The fourth-order valence-electron chi connectivity index (χ4n) is 3.74. The molecule has 2 aromatic heterocycles. The molecule has 0 radical (unpaired) electrons. The van der Waals surface area contributed by atoms with Crippen LogP contribution in [0.3, 0.4) is 0 Å². The summed E-state index contributed by atoms with van der Waals surface area (Å²) in [5, 5.41) is 4.64.